The van der Waals surface area contributed by atoms with E-state index in [9.17, 15) is 14.7 Å². The second kappa shape index (κ2) is 7.81. The number of aliphatic hydroxyl groups excluding tert-OH is 1. The molecule has 0 saturated carbocycles. The fourth-order valence-corrected chi connectivity index (χ4v) is 2.48. The minimum absolute atomic E-state index is 0.0774. The van der Waals surface area contributed by atoms with E-state index in [2.05, 4.69) is 6.92 Å². The van der Waals surface area contributed by atoms with Crippen molar-refractivity contribution in [2.45, 2.75) is 39.5 Å². The predicted molar refractivity (Wildman–Crippen MR) is 88.0 cm³/mol. The lowest BCUT2D eigenvalue weighted by Gasteiger charge is -2.14. The van der Waals surface area contributed by atoms with Gasteiger partial charge in [-0.25, -0.2) is 0 Å². The zero-order chi connectivity index (χ0) is 16.8. The third-order valence-electron chi connectivity index (χ3n) is 3.74. The molecule has 1 aliphatic heterocycles. The van der Waals surface area contributed by atoms with Crippen molar-refractivity contribution >= 4 is 17.4 Å². The van der Waals surface area contributed by atoms with Crippen molar-refractivity contribution in [3.63, 3.8) is 0 Å². The smallest absolute Gasteiger partial charge is 0.296 e. The molecule has 0 aromatic heterocycles. The Morgan fingerprint density at radius 1 is 1.00 bits per heavy atom. The summed E-state index contributed by atoms with van der Waals surface area (Å²) in [6.45, 7) is 5.04. The van der Waals surface area contributed by atoms with Crippen LogP contribution in [0.4, 0.5) is 0 Å². The fourth-order valence-electron chi connectivity index (χ4n) is 2.48. The lowest BCUT2D eigenvalue weighted by atomic mass is 10.1. The Labute approximate surface area is 136 Å². The summed E-state index contributed by atoms with van der Waals surface area (Å²) < 4.78 is 5.49. The highest BCUT2D eigenvalue weighted by atomic mass is 16.5. The van der Waals surface area contributed by atoms with Crippen LogP contribution in [0.3, 0.4) is 0 Å². The molecule has 23 heavy (non-hydrogen) atoms. The first-order valence-electron chi connectivity index (χ1n) is 8.12. The normalized spacial score (nSPS) is 14.8. The van der Waals surface area contributed by atoms with E-state index < -0.39 is 17.6 Å². The van der Waals surface area contributed by atoms with E-state index in [1.54, 1.807) is 24.3 Å². The Morgan fingerprint density at radius 3 is 2.30 bits per heavy atom. The van der Waals surface area contributed by atoms with Crippen molar-refractivity contribution < 1.29 is 19.4 Å². The summed E-state index contributed by atoms with van der Waals surface area (Å²) in [6, 6.07) is 6.86. The maximum atomic E-state index is 12.4. The number of rotatable bonds is 8. The SMILES string of the molecule is CCCCCN1C(=O)C(O)=C(c2ccc(OCCC)cc2)C1=O. The van der Waals surface area contributed by atoms with Gasteiger partial charge in [-0.3, -0.25) is 14.5 Å². The first kappa shape index (κ1) is 17.1. The van der Waals surface area contributed by atoms with Crippen molar-refractivity contribution in [1.29, 1.82) is 0 Å². The van der Waals surface area contributed by atoms with Gasteiger partial charge in [0.15, 0.2) is 5.76 Å². The molecule has 0 fully saturated rings. The fraction of sp³-hybridized carbons (Fsp3) is 0.444. The molecule has 0 spiro atoms. The van der Waals surface area contributed by atoms with Crippen LogP contribution < -0.4 is 4.74 Å². The first-order chi connectivity index (χ1) is 11.1. The number of carbonyl (C=O) groups excluding carboxylic acids is 2. The van der Waals surface area contributed by atoms with Gasteiger partial charge in [0.1, 0.15) is 5.75 Å². The molecule has 1 N–H and O–H groups in total. The summed E-state index contributed by atoms with van der Waals surface area (Å²) in [5.74, 6) is -0.792. The van der Waals surface area contributed by atoms with Crippen molar-refractivity contribution in [2.75, 3.05) is 13.2 Å². The number of hydrogen-bond acceptors (Lipinski definition) is 4. The number of aliphatic hydroxyl groups is 1. The molecule has 1 aromatic carbocycles. The average molecular weight is 317 g/mol. The highest BCUT2D eigenvalue weighted by Gasteiger charge is 2.38. The van der Waals surface area contributed by atoms with E-state index in [0.717, 1.165) is 30.6 Å². The van der Waals surface area contributed by atoms with Gasteiger partial charge in [0.25, 0.3) is 11.8 Å². The number of nitrogens with zero attached hydrogens (tertiary/aromatic N) is 1. The Morgan fingerprint density at radius 2 is 1.70 bits per heavy atom. The molecule has 1 heterocycles. The second-order valence-electron chi connectivity index (χ2n) is 5.57. The molecule has 5 heteroatoms. The van der Waals surface area contributed by atoms with E-state index >= 15 is 0 Å². The van der Waals surface area contributed by atoms with Crippen LogP contribution in [0.5, 0.6) is 5.75 Å². The van der Waals surface area contributed by atoms with Crippen molar-refractivity contribution in [1.82, 2.24) is 4.90 Å². The van der Waals surface area contributed by atoms with Gasteiger partial charge in [-0.05, 0) is 30.5 Å². The Balaban J connectivity index is 2.15. The van der Waals surface area contributed by atoms with Crippen LogP contribution in [-0.2, 0) is 9.59 Å². The van der Waals surface area contributed by atoms with E-state index in [1.165, 1.54) is 0 Å². The summed E-state index contributed by atoms with van der Waals surface area (Å²) >= 11 is 0. The molecule has 0 saturated heterocycles. The predicted octanol–water partition coefficient (Wildman–Crippen LogP) is 3.30. The molecule has 5 nitrogen and oxygen atoms in total. The average Bonchev–Trinajstić information content (AvgIpc) is 2.77. The van der Waals surface area contributed by atoms with Crippen LogP contribution in [0.1, 0.15) is 45.1 Å². The molecule has 0 unspecified atom stereocenters. The van der Waals surface area contributed by atoms with Gasteiger partial charge in [-0.1, -0.05) is 38.8 Å². The van der Waals surface area contributed by atoms with Gasteiger partial charge in [0, 0.05) is 6.54 Å². The number of benzene rings is 1. The largest absolute Gasteiger partial charge is 0.502 e. The van der Waals surface area contributed by atoms with Crippen molar-refractivity contribution in [3.05, 3.63) is 35.6 Å². The minimum Gasteiger partial charge on any atom is -0.502 e. The van der Waals surface area contributed by atoms with Crippen LogP contribution in [0.2, 0.25) is 0 Å². The van der Waals surface area contributed by atoms with Crippen molar-refractivity contribution in [3.8, 4) is 5.75 Å². The first-order valence-corrected chi connectivity index (χ1v) is 8.12. The number of carbonyl (C=O) groups is 2. The Bertz CT molecular complexity index is 604. The topological polar surface area (TPSA) is 66.8 Å². The second-order valence-corrected chi connectivity index (χ2v) is 5.57. The third kappa shape index (κ3) is 3.73. The molecule has 0 radical (unpaired) electrons. The van der Waals surface area contributed by atoms with Gasteiger partial charge in [-0.2, -0.15) is 0 Å². The van der Waals surface area contributed by atoms with Crippen LogP contribution in [0, 0.1) is 0 Å². The summed E-state index contributed by atoms with van der Waals surface area (Å²) in [7, 11) is 0. The molecule has 2 rings (SSSR count). The van der Waals surface area contributed by atoms with E-state index in [0.29, 0.717) is 24.5 Å². The number of hydrogen-bond donors (Lipinski definition) is 1. The lowest BCUT2D eigenvalue weighted by Crippen LogP contribution is -2.32. The van der Waals surface area contributed by atoms with Crippen LogP contribution >= 0.6 is 0 Å². The third-order valence-corrected chi connectivity index (χ3v) is 3.74. The standard InChI is InChI=1S/C18H23NO4/c1-3-5-6-11-19-17(21)15(16(20)18(19)22)13-7-9-14(10-8-13)23-12-4-2/h7-10,20H,3-6,11-12H2,1-2H3. The number of amides is 2. The van der Waals surface area contributed by atoms with Crippen molar-refractivity contribution in [2.24, 2.45) is 0 Å². The van der Waals surface area contributed by atoms with Gasteiger partial charge >= 0.3 is 0 Å². The maximum Gasteiger partial charge on any atom is 0.296 e. The summed E-state index contributed by atoms with van der Waals surface area (Å²) in [5.41, 5.74) is 0.608. The van der Waals surface area contributed by atoms with E-state index in [4.69, 9.17) is 4.74 Å². The van der Waals surface area contributed by atoms with E-state index in [-0.39, 0.29) is 5.57 Å². The van der Waals surface area contributed by atoms with Gasteiger partial charge in [-0.15, -0.1) is 0 Å². The monoisotopic (exact) mass is 317 g/mol. The quantitative estimate of drug-likeness (QED) is 0.590. The molecule has 1 aromatic rings. The minimum atomic E-state index is -0.604. The molecule has 1 aliphatic rings. The number of ether oxygens (including phenoxy) is 1. The Kier molecular flexibility index (Phi) is 5.79. The summed E-state index contributed by atoms with van der Waals surface area (Å²) in [5, 5.41) is 10.1. The van der Waals surface area contributed by atoms with Crippen LogP contribution in [0.25, 0.3) is 5.57 Å². The zero-order valence-electron chi connectivity index (χ0n) is 13.7. The summed E-state index contributed by atoms with van der Waals surface area (Å²) in [4.78, 5) is 25.6. The van der Waals surface area contributed by atoms with Gasteiger partial charge in [0.2, 0.25) is 0 Å². The van der Waals surface area contributed by atoms with Gasteiger partial charge < -0.3 is 9.84 Å². The Hall–Kier alpha value is -2.30. The molecule has 0 atom stereocenters. The molecular weight excluding hydrogens is 294 g/mol. The molecule has 2 amide bonds. The maximum absolute atomic E-state index is 12.4. The molecule has 0 aliphatic carbocycles. The number of unbranched alkanes of at least 4 members (excludes halogenated alkanes) is 2. The highest BCUT2D eigenvalue weighted by molar-refractivity contribution is 6.34. The highest BCUT2D eigenvalue weighted by Crippen LogP contribution is 2.29. The lowest BCUT2D eigenvalue weighted by molar-refractivity contribution is -0.138. The van der Waals surface area contributed by atoms with Crippen LogP contribution in [-0.4, -0.2) is 35.0 Å². The molecular formula is C18H23NO4. The van der Waals surface area contributed by atoms with Gasteiger partial charge in [0.05, 0.1) is 12.2 Å². The number of imide groups is 1. The molecule has 124 valence electrons. The summed E-state index contributed by atoms with van der Waals surface area (Å²) in [6.07, 6.45) is 3.60. The van der Waals surface area contributed by atoms with E-state index in [1.807, 2.05) is 6.92 Å². The zero-order valence-corrected chi connectivity index (χ0v) is 13.7. The van der Waals surface area contributed by atoms with Crippen LogP contribution in [0.15, 0.2) is 30.0 Å². The molecule has 0 bridgehead atoms.